The lowest BCUT2D eigenvalue weighted by molar-refractivity contribution is 0.0232. The number of carbonyl (C=O) groups excluding carboxylic acids is 1. The van der Waals surface area contributed by atoms with Gasteiger partial charge in [0.15, 0.2) is 0 Å². The molecule has 0 saturated carbocycles. The maximum atomic E-state index is 10.6. The van der Waals surface area contributed by atoms with Crippen LogP contribution < -0.4 is 5.73 Å². The molecule has 88 valence electrons. The van der Waals surface area contributed by atoms with Gasteiger partial charge in [-0.3, -0.25) is 0 Å². The zero-order valence-electron chi connectivity index (χ0n) is 9.84. The first kappa shape index (κ1) is 12.3. The van der Waals surface area contributed by atoms with Crippen molar-refractivity contribution in [3.8, 4) is 0 Å². The summed E-state index contributed by atoms with van der Waals surface area (Å²) in [6.07, 6.45) is 2.28. The first-order valence-electron chi connectivity index (χ1n) is 5.45. The Hall–Kier alpha value is -0.770. The van der Waals surface area contributed by atoms with Gasteiger partial charge in [0.25, 0.3) is 0 Å². The fourth-order valence-corrected chi connectivity index (χ4v) is 2.43. The lowest BCUT2D eigenvalue weighted by Crippen LogP contribution is -2.31. The number of ether oxygens (including phenoxy) is 2. The Kier molecular flexibility index (Phi) is 3.60. The van der Waals surface area contributed by atoms with Crippen molar-refractivity contribution in [1.29, 1.82) is 0 Å². The maximum absolute atomic E-state index is 10.6. The Morgan fingerprint density at radius 2 is 2.20 bits per heavy atom. The van der Waals surface area contributed by atoms with Crippen LogP contribution in [0.3, 0.4) is 0 Å². The van der Waals surface area contributed by atoms with E-state index in [2.05, 4.69) is 20.8 Å². The van der Waals surface area contributed by atoms with E-state index in [1.54, 1.807) is 0 Å². The van der Waals surface area contributed by atoms with E-state index in [9.17, 15) is 4.79 Å². The van der Waals surface area contributed by atoms with Crippen molar-refractivity contribution in [3.63, 3.8) is 0 Å². The summed E-state index contributed by atoms with van der Waals surface area (Å²) < 4.78 is 10.6. The van der Waals surface area contributed by atoms with Gasteiger partial charge in [0.2, 0.25) is 0 Å². The zero-order valence-corrected chi connectivity index (χ0v) is 9.84. The quantitative estimate of drug-likeness (QED) is 0.780. The standard InChI is InChI=1S/C11H21NO3/c1-4-5-11(7-14-9(12)13)6-10(2,3)15-8-11/h4-8H2,1-3H3,(H2,12,13). The van der Waals surface area contributed by atoms with Crippen LogP contribution in [0.15, 0.2) is 0 Å². The Balaban J connectivity index is 2.60. The molecular weight excluding hydrogens is 194 g/mol. The molecule has 4 nitrogen and oxygen atoms in total. The van der Waals surface area contributed by atoms with Gasteiger partial charge in [-0.15, -0.1) is 0 Å². The smallest absolute Gasteiger partial charge is 0.404 e. The van der Waals surface area contributed by atoms with Crippen LogP contribution in [0.2, 0.25) is 0 Å². The molecule has 2 N–H and O–H groups in total. The molecule has 0 bridgehead atoms. The van der Waals surface area contributed by atoms with Gasteiger partial charge in [-0.05, 0) is 26.7 Å². The maximum Gasteiger partial charge on any atom is 0.404 e. The number of hydrogen-bond acceptors (Lipinski definition) is 3. The molecule has 0 radical (unpaired) electrons. The average Bonchev–Trinajstić information content (AvgIpc) is 2.40. The summed E-state index contributed by atoms with van der Waals surface area (Å²) in [7, 11) is 0. The van der Waals surface area contributed by atoms with Crippen molar-refractivity contribution >= 4 is 6.09 Å². The molecule has 0 aromatic heterocycles. The summed E-state index contributed by atoms with van der Waals surface area (Å²) in [4.78, 5) is 10.6. The number of primary amides is 1. The van der Waals surface area contributed by atoms with Crippen molar-refractivity contribution in [3.05, 3.63) is 0 Å². The molecule has 0 aliphatic carbocycles. The van der Waals surface area contributed by atoms with Crippen LogP contribution in [0.4, 0.5) is 4.79 Å². The number of amides is 1. The van der Waals surface area contributed by atoms with E-state index in [1.807, 2.05) is 0 Å². The van der Waals surface area contributed by atoms with Crippen molar-refractivity contribution in [2.45, 2.75) is 45.6 Å². The molecule has 1 unspecified atom stereocenters. The molecule has 1 aliphatic rings. The van der Waals surface area contributed by atoms with Crippen molar-refractivity contribution in [2.75, 3.05) is 13.2 Å². The summed E-state index contributed by atoms with van der Waals surface area (Å²) in [6.45, 7) is 7.28. The molecule has 1 aliphatic heterocycles. The van der Waals surface area contributed by atoms with Crippen LogP contribution >= 0.6 is 0 Å². The van der Waals surface area contributed by atoms with E-state index in [4.69, 9.17) is 15.2 Å². The fourth-order valence-electron chi connectivity index (χ4n) is 2.43. The molecule has 0 aromatic rings. The van der Waals surface area contributed by atoms with Gasteiger partial charge >= 0.3 is 6.09 Å². The zero-order chi connectivity index (χ0) is 11.5. The highest BCUT2D eigenvalue weighted by Crippen LogP contribution is 2.42. The fraction of sp³-hybridized carbons (Fsp3) is 0.909. The third-order valence-corrected chi connectivity index (χ3v) is 2.87. The summed E-state index contributed by atoms with van der Waals surface area (Å²) in [5, 5.41) is 0. The molecule has 15 heavy (non-hydrogen) atoms. The van der Waals surface area contributed by atoms with Crippen molar-refractivity contribution < 1.29 is 14.3 Å². The minimum absolute atomic E-state index is 0.0344. The monoisotopic (exact) mass is 215 g/mol. The second kappa shape index (κ2) is 4.39. The van der Waals surface area contributed by atoms with Crippen molar-refractivity contribution in [1.82, 2.24) is 0 Å². The highest BCUT2D eigenvalue weighted by molar-refractivity contribution is 5.64. The van der Waals surface area contributed by atoms with E-state index in [0.29, 0.717) is 13.2 Å². The van der Waals surface area contributed by atoms with Gasteiger partial charge in [0, 0.05) is 5.41 Å². The third kappa shape index (κ3) is 3.38. The lowest BCUT2D eigenvalue weighted by Gasteiger charge is -2.27. The molecule has 1 saturated heterocycles. The van der Waals surface area contributed by atoms with Gasteiger partial charge in [0.1, 0.15) is 6.61 Å². The van der Waals surface area contributed by atoms with E-state index in [-0.39, 0.29) is 11.0 Å². The van der Waals surface area contributed by atoms with E-state index < -0.39 is 6.09 Å². The van der Waals surface area contributed by atoms with Crippen LogP contribution in [0, 0.1) is 5.41 Å². The molecule has 4 heteroatoms. The van der Waals surface area contributed by atoms with E-state index in [1.165, 1.54) is 0 Å². The van der Waals surface area contributed by atoms with Crippen molar-refractivity contribution in [2.24, 2.45) is 11.1 Å². The number of hydrogen-bond donors (Lipinski definition) is 1. The van der Waals surface area contributed by atoms with Gasteiger partial charge < -0.3 is 15.2 Å². The Bertz CT molecular complexity index is 240. The predicted molar refractivity (Wildman–Crippen MR) is 57.5 cm³/mol. The second-order valence-corrected chi connectivity index (χ2v) is 5.08. The molecule has 1 rings (SSSR count). The highest BCUT2D eigenvalue weighted by atomic mass is 16.6. The first-order chi connectivity index (χ1) is 6.89. The Morgan fingerprint density at radius 1 is 1.53 bits per heavy atom. The SMILES string of the molecule is CCCC1(COC(N)=O)COC(C)(C)C1. The summed E-state index contributed by atoms with van der Waals surface area (Å²) >= 11 is 0. The minimum atomic E-state index is -0.699. The highest BCUT2D eigenvalue weighted by Gasteiger charge is 2.44. The summed E-state index contributed by atoms with van der Waals surface area (Å²) in [6, 6.07) is 0. The number of carbonyl (C=O) groups is 1. The topological polar surface area (TPSA) is 61.5 Å². The summed E-state index contributed by atoms with van der Waals surface area (Å²) in [5.74, 6) is 0. The Morgan fingerprint density at radius 3 is 2.60 bits per heavy atom. The third-order valence-electron chi connectivity index (χ3n) is 2.87. The molecule has 1 amide bonds. The van der Waals surface area contributed by atoms with Gasteiger partial charge in [0.05, 0.1) is 12.2 Å². The van der Waals surface area contributed by atoms with Crippen LogP contribution in [-0.4, -0.2) is 24.9 Å². The molecule has 1 atom stereocenters. The van der Waals surface area contributed by atoms with Crippen LogP contribution in [0.25, 0.3) is 0 Å². The largest absolute Gasteiger partial charge is 0.449 e. The first-order valence-corrected chi connectivity index (χ1v) is 5.45. The summed E-state index contributed by atoms with van der Waals surface area (Å²) in [5.41, 5.74) is 4.84. The molecule has 0 aromatic carbocycles. The van der Waals surface area contributed by atoms with Crippen LogP contribution in [0.1, 0.15) is 40.0 Å². The Labute approximate surface area is 91.1 Å². The van der Waals surface area contributed by atoms with E-state index >= 15 is 0 Å². The van der Waals surface area contributed by atoms with Crippen LogP contribution in [-0.2, 0) is 9.47 Å². The molecular formula is C11H21NO3. The molecule has 1 fully saturated rings. The van der Waals surface area contributed by atoms with Gasteiger partial charge in [-0.2, -0.15) is 0 Å². The second-order valence-electron chi connectivity index (χ2n) is 5.08. The van der Waals surface area contributed by atoms with Crippen LogP contribution in [0.5, 0.6) is 0 Å². The molecule has 0 spiro atoms. The number of nitrogens with two attached hydrogens (primary N) is 1. The van der Waals surface area contributed by atoms with Gasteiger partial charge in [-0.25, -0.2) is 4.79 Å². The van der Waals surface area contributed by atoms with E-state index in [0.717, 1.165) is 19.3 Å². The molecule has 1 heterocycles. The normalized spacial score (nSPS) is 29.0. The lowest BCUT2D eigenvalue weighted by atomic mass is 9.79. The van der Waals surface area contributed by atoms with Gasteiger partial charge in [-0.1, -0.05) is 13.3 Å². The average molecular weight is 215 g/mol. The minimum Gasteiger partial charge on any atom is -0.449 e. The number of rotatable bonds is 4. The predicted octanol–water partition coefficient (Wildman–Crippen LogP) is 2.07.